The Morgan fingerprint density at radius 1 is 1.26 bits per heavy atom. The van der Waals surface area contributed by atoms with Gasteiger partial charge in [0.05, 0.1) is 17.9 Å². The SMILES string of the molecule is Cl.O=C(NCc1cnn(-c2ccccc2)c1)c1ccn(C2CCCNC2)n1. The minimum Gasteiger partial charge on any atom is -0.346 e. The molecule has 7 nitrogen and oxygen atoms in total. The van der Waals surface area contributed by atoms with Crippen LogP contribution in [0.2, 0.25) is 0 Å². The van der Waals surface area contributed by atoms with Gasteiger partial charge in [-0.2, -0.15) is 10.2 Å². The zero-order chi connectivity index (χ0) is 17.8. The van der Waals surface area contributed by atoms with Crippen LogP contribution in [-0.4, -0.2) is 38.6 Å². The van der Waals surface area contributed by atoms with Crippen LogP contribution in [0.3, 0.4) is 0 Å². The molecule has 2 aromatic heterocycles. The molecule has 0 aliphatic carbocycles. The van der Waals surface area contributed by atoms with E-state index in [-0.39, 0.29) is 18.3 Å². The summed E-state index contributed by atoms with van der Waals surface area (Å²) in [7, 11) is 0. The highest BCUT2D eigenvalue weighted by Crippen LogP contribution is 2.15. The molecule has 142 valence electrons. The quantitative estimate of drug-likeness (QED) is 0.705. The molecule has 1 fully saturated rings. The molecule has 1 atom stereocenters. The Labute approximate surface area is 164 Å². The van der Waals surface area contributed by atoms with Gasteiger partial charge in [0.2, 0.25) is 0 Å². The number of carbonyl (C=O) groups excluding carboxylic acids is 1. The average molecular weight is 387 g/mol. The summed E-state index contributed by atoms with van der Waals surface area (Å²) in [4.78, 5) is 12.4. The van der Waals surface area contributed by atoms with Crippen molar-refractivity contribution < 1.29 is 4.79 Å². The molecule has 1 unspecified atom stereocenters. The Morgan fingerprint density at radius 3 is 2.89 bits per heavy atom. The fourth-order valence-corrected chi connectivity index (χ4v) is 3.17. The first-order valence-electron chi connectivity index (χ1n) is 8.92. The van der Waals surface area contributed by atoms with E-state index in [1.54, 1.807) is 16.9 Å². The van der Waals surface area contributed by atoms with Crippen LogP contribution >= 0.6 is 12.4 Å². The van der Waals surface area contributed by atoms with Crippen molar-refractivity contribution in [3.8, 4) is 5.69 Å². The molecule has 0 radical (unpaired) electrons. The number of para-hydroxylation sites is 1. The van der Waals surface area contributed by atoms with Crippen LogP contribution in [0.4, 0.5) is 0 Å². The molecule has 8 heteroatoms. The number of hydrogen-bond acceptors (Lipinski definition) is 4. The molecular weight excluding hydrogens is 364 g/mol. The summed E-state index contributed by atoms with van der Waals surface area (Å²) in [6.45, 7) is 2.38. The number of amides is 1. The smallest absolute Gasteiger partial charge is 0.272 e. The minimum atomic E-state index is -0.167. The summed E-state index contributed by atoms with van der Waals surface area (Å²) >= 11 is 0. The van der Waals surface area contributed by atoms with Gasteiger partial charge in [0.15, 0.2) is 0 Å². The van der Waals surface area contributed by atoms with Gasteiger partial charge < -0.3 is 10.6 Å². The first-order valence-corrected chi connectivity index (χ1v) is 8.92. The Kier molecular flexibility index (Phi) is 6.26. The molecule has 0 spiro atoms. The van der Waals surface area contributed by atoms with Crippen LogP contribution in [0.5, 0.6) is 0 Å². The van der Waals surface area contributed by atoms with Crippen molar-refractivity contribution in [1.82, 2.24) is 30.2 Å². The van der Waals surface area contributed by atoms with Gasteiger partial charge in [0.1, 0.15) is 5.69 Å². The lowest BCUT2D eigenvalue weighted by Crippen LogP contribution is -2.32. The molecule has 27 heavy (non-hydrogen) atoms. The van der Waals surface area contributed by atoms with Crippen LogP contribution in [0, 0.1) is 0 Å². The van der Waals surface area contributed by atoms with Crippen molar-refractivity contribution >= 4 is 18.3 Å². The number of carbonyl (C=O) groups is 1. The van der Waals surface area contributed by atoms with Gasteiger partial charge in [-0.25, -0.2) is 4.68 Å². The van der Waals surface area contributed by atoms with E-state index in [1.165, 1.54) is 0 Å². The van der Waals surface area contributed by atoms with E-state index in [2.05, 4.69) is 20.8 Å². The van der Waals surface area contributed by atoms with E-state index in [4.69, 9.17) is 0 Å². The Morgan fingerprint density at radius 2 is 2.11 bits per heavy atom. The molecule has 3 heterocycles. The number of nitrogens with one attached hydrogen (secondary N) is 2. The zero-order valence-corrected chi connectivity index (χ0v) is 15.7. The van der Waals surface area contributed by atoms with E-state index >= 15 is 0 Å². The van der Waals surface area contributed by atoms with E-state index in [0.29, 0.717) is 18.3 Å². The maximum absolute atomic E-state index is 12.4. The van der Waals surface area contributed by atoms with Gasteiger partial charge in [0, 0.05) is 31.0 Å². The minimum absolute atomic E-state index is 0. The molecular formula is C19H23ClN6O. The van der Waals surface area contributed by atoms with Crippen molar-refractivity contribution in [2.24, 2.45) is 0 Å². The van der Waals surface area contributed by atoms with E-state index in [1.807, 2.05) is 47.4 Å². The van der Waals surface area contributed by atoms with Gasteiger partial charge in [0.25, 0.3) is 5.91 Å². The van der Waals surface area contributed by atoms with Crippen molar-refractivity contribution in [2.45, 2.75) is 25.4 Å². The fraction of sp³-hybridized carbons (Fsp3) is 0.316. The van der Waals surface area contributed by atoms with Crippen molar-refractivity contribution in [2.75, 3.05) is 13.1 Å². The van der Waals surface area contributed by atoms with Crippen LogP contribution in [0.15, 0.2) is 55.0 Å². The average Bonchev–Trinajstić information content (AvgIpc) is 3.37. The van der Waals surface area contributed by atoms with Crippen LogP contribution in [0.1, 0.15) is 34.9 Å². The lowest BCUT2D eigenvalue weighted by atomic mass is 10.1. The second-order valence-electron chi connectivity index (χ2n) is 6.49. The summed E-state index contributed by atoms with van der Waals surface area (Å²) in [6.07, 6.45) is 7.80. The second kappa shape index (κ2) is 8.83. The number of halogens is 1. The Balaban J connectivity index is 0.00000210. The van der Waals surface area contributed by atoms with Gasteiger partial charge >= 0.3 is 0 Å². The fourth-order valence-electron chi connectivity index (χ4n) is 3.17. The summed E-state index contributed by atoms with van der Waals surface area (Å²) in [5, 5.41) is 15.1. The Bertz CT molecular complexity index is 869. The largest absolute Gasteiger partial charge is 0.346 e. The number of piperidine rings is 1. The normalized spacial score (nSPS) is 16.5. The highest BCUT2D eigenvalue weighted by atomic mass is 35.5. The van der Waals surface area contributed by atoms with Crippen molar-refractivity contribution in [1.29, 1.82) is 0 Å². The lowest BCUT2D eigenvalue weighted by molar-refractivity contribution is 0.0944. The molecule has 1 aliphatic heterocycles. The first-order chi connectivity index (χ1) is 12.8. The van der Waals surface area contributed by atoms with E-state index in [0.717, 1.165) is 37.2 Å². The van der Waals surface area contributed by atoms with Crippen LogP contribution in [-0.2, 0) is 6.54 Å². The monoisotopic (exact) mass is 386 g/mol. The summed E-state index contributed by atoms with van der Waals surface area (Å²) in [6, 6.07) is 12.0. The van der Waals surface area contributed by atoms with Crippen LogP contribution in [0.25, 0.3) is 5.69 Å². The molecule has 1 aromatic carbocycles. The summed E-state index contributed by atoms with van der Waals surface area (Å²) in [5.41, 5.74) is 2.38. The highest BCUT2D eigenvalue weighted by Gasteiger charge is 2.17. The van der Waals surface area contributed by atoms with Gasteiger partial charge in [-0.3, -0.25) is 9.48 Å². The summed E-state index contributed by atoms with van der Waals surface area (Å²) < 4.78 is 3.70. The molecule has 0 bridgehead atoms. The molecule has 1 saturated heterocycles. The van der Waals surface area contributed by atoms with Gasteiger partial charge in [-0.05, 0) is 37.6 Å². The number of aromatic nitrogens is 4. The highest BCUT2D eigenvalue weighted by molar-refractivity contribution is 5.92. The van der Waals surface area contributed by atoms with E-state index < -0.39 is 0 Å². The zero-order valence-electron chi connectivity index (χ0n) is 14.9. The predicted octanol–water partition coefficient (Wildman–Crippen LogP) is 2.35. The molecule has 3 aromatic rings. The van der Waals surface area contributed by atoms with E-state index in [9.17, 15) is 4.79 Å². The van der Waals surface area contributed by atoms with Crippen LogP contribution < -0.4 is 10.6 Å². The molecule has 4 rings (SSSR count). The number of nitrogens with zero attached hydrogens (tertiary/aromatic N) is 4. The maximum Gasteiger partial charge on any atom is 0.272 e. The molecule has 2 N–H and O–H groups in total. The number of rotatable bonds is 5. The van der Waals surface area contributed by atoms with Crippen molar-refractivity contribution in [3.05, 3.63) is 66.2 Å². The van der Waals surface area contributed by atoms with Gasteiger partial charge in [-0.15, -0.1) is 12.4 Å². The topological polar surface area (TPSA) is 76.8 Å². The number of benzene rings is 1. The van der Waals surface area contributed by atoms with Gasteiger partial charge in [-0.1, -0.05) is 18.2 Å². The third-order valence-corrected chi connectivity index (χ3v) is 4.60. The standard InChI is InChI=1S/C19H22N6O.ClH/c26-19(18-8-10-24(23-18)17-7-4-9-20-13-17)21-11-15-12-22-25(14-15)16-5-2-1-3-6-16;/h1-3,5-6,8,10,12,14,17,20H,4,7,9,11,13H2,(H,21,26);1H. The lowest BCUT2D eigenvalue weighted by Gasteiger charge is -2.22. The van der Waals surface area contributed by atoms with Crippen molar-refractivity contribution in [3.63, 3.8) is 0 Å². The molecule has 0 saturated carbocycles. The Hall–Kier alpha value is -2.64. The third kappa shape index (κ3) is 4.56. The molecule has 1 aliphatic rings. The molecule has 1 amide bonds. The first kappa shape index (κ1) is 19.1. The third-order valence-electron chi connectivity index (χ3n) is 4.60. The predicted molar refractivity (Wildman–Crippen MR) is 105 cm³/mol. The number of hydrogen-bond donors (Lipinski definition) is 2. The second-order valence-corrected chi connectivity index (χ2v) is 6.49. The maximum atomic E-state index is 12.4. The summed E-state index contributed by atoms with van der Waals surface area (Å²) in [5.74, 6) is -0.167.